The van der Waals surface area contributed by atoms with Crippen LogP contribution < -0.4 is 15.4 Å². The molecule has 0 spiro atoms. The van der Waals surface area contributed by atoms with Gasteiger partial charge in [0.2, 0.25) is 5.91 Å². The number of para-hydroxylation sites is 1. The zero-order valence-corrected chi connectivity index (χ0v) is 12.1. The van der Waals surface area contributed by atoms with Crippen LogP contribution in [0.25, 0.3) is 0 Å². The summed E-state index contributed by atoms with van der Waals surface area (Å²) in [7, 11) is 1.62. The summed E-state index contributed by atoms with van der Waals surface area (Å²) in [6.07, 6.45) is 1.41. The van der Waals surface area contributed by atoms with E-state index in [2.05, 4.69) is 10.6 Å². The molecule has 0 saturated heterocycles. The van der Waals surface area contributed by atoms with E-state index in [1.54, 1.807) is 7.11 Å². The summed E-state index contributed by atoms with van der Waals surface area (Å²) in [5.74, 6) is 0.945. The second kappa shape index (κ2) is 11.3. The summed E-state index contributed by atoms with van der Waals surface area (Å²) in [4.78, 5) is 11.4. The van der Waals surface area contributed by atoms with E-state index in [1.807, 2.05) is 30.3 Å². The van der Waals surface area contributed by atoms with Gasteiger partial charge in [-0.1, -0.05) is 18.2 Å². The topological polar surface area (TPSA) is 59.6 Å². The molecule has 1 aromatic carbocycles. The van der Waals surface area contributed by atoms with Gasteiger partial charge in [0, 0.05) is 26.6 Å². The Hall–Kier alpha value is -1.59. The van der Waals surface area contributed by atoms with Crippen molar-refractivity contribution in [2.75, 3.05) is 40.0 Å². The standard InChI is InChI=1S/C15H24N2O3/c1-19-13-11-17-15(18)8-10-16-9-5-12-20-14-6-3-2-4-7-14/h2-4,6-7,16H,5,8-13H2,1H3,(H,17,18). The molecule has 112 valence electrons. The molecule has 0 aliphatic heterocycles. The second-order valence-electron chi connectivity index (χ2n) is 4.36. The van der Waals surface area contributed by atoms with Gasteiger partial charge in [-0.2, -0.15) is 0 Å². The van der Waals surface area contributed by atoms with Gasteiger partial charge in [-0.25, -0.2) is 0 Å². The van der Waals surface area contributed by atoms with E-state index in [4.69, 9.17) is 9.47 Å². The number of benzene rings is 1. The fourth-order valence-corrected chi connectivity index (χ4v) is 1.61. The number of hydrogen-bond acceptors (Lipinski definition) is 4. The van der Waals surface area contributed by atoms with Gasteiger partial charge in [-0.3, -0.25) is 4.79 Å². The van der Waals surface area contributed by atoms with Crippen molar-refractivity contribution >= 4 is 5.91 Å². The summed E-state index contributed by atoms with van der Waals surface area (Å²) in [6, 6.07) is 9.76. The van der Waals surface area contributed by atoms with Gasteiger partial charge in [0.1, 0.15) is 5.75 Å². The van der Waals surface area contributed by atoms with Crippen LogP contribution in [0.2, 0.25) is 0 Å². The Kier molecular flexibility index (Phi) is 9.26. The van der Waals surface area contributed by atoms with Crippen molar-refractivity contribution in [3.05, 3.63) is 30.3 Å². The van der Waals surface area contributed by atoms with Crippen molar-refractivity contribution < 1.29 is 14.3 Å². The number of carbonyl (C=O) groups is 1. The fraction of sp³-hybridized carbons (Fsp3) is 0.533. The first kappa shape index (κ1) is 16.5. The first-order valence-electron chi connectivity index (χ1n) is 6.97. The highest BCUT2D eigenvalue weighted by molar-refractivity contribution is 5.75. The largest absolute Gasteiger partial charge is 0.494 e. The lowest BCUT2D eigenvalue weighted by Gasteiger charge is -2.07. The van der Waals surface area contributed by atoms with Gasteiger partial charge in [0.15, 0.2) is 0 Å². The van der Waals surface area contributed by atoms with E-state index < -0.39 is 0 Å². The second-order valence-corrected chi connectivity index (χ2v) is 4.36. The molecule has 1 aromatic rings. The molecule has 0 aliphatic rings. The molecule has 0 atom stereocenters. The Morgan fingerprint density at radius 1 is 1.10 bits per heavy atom. The predicted molar refractivity (Wildman–Crippen MR) is 78.9 cm³/mol. The van der Waals surface area contributed by atoms with Crippen LogP contribution in [-0.4, -0.2) is 45.9 Å². The number of carbonyl (C=O) groups excluding carboxylic acids is 1. The molecule has 0 fully saturated rings. The van der Waals surface area contributed by atoms with Crippen LogP contribution in [-0.2, 0) is 9.53 Å². The number of ether oxygens (including phenoxy) is 2. The first-order valence-corrected chi connectivity index (χ1v) is 6.97. The number of rotatable bonds is 11. The van der Waals surface area contributed by atoms with E-state index in [9.17, 15) is 4.79 Å². The highest BCUT2D eigenvalue weighted by atomic mass is 16.5. The lowest BCUT2D eigenvalue weighted by molar-refractivity contribution is -0.121. The summed E-state index contributed by atoms with van der Waals surface area (Å²) in [5, 5.41) is 6.00. The van der Waals surface area contributed by atoms with Crippen LogP contribution in [0.3, 0.4) is 0 Å². The van der Waals surface area contributed by atoms with E-state index in [1.165, 1.54) is 0 Å². The van der Waals surface area contributed by atoms with Gasteiger partial charge in [-0.05, 0) is 25.1 Å². The maximum absolute atomic E-state index is 11.4. The van der Waals surface area contributed by atoms with Crippen molar-refractivity contribution in [2.45, 2.75) is 12.8 Å². The van der Waals surface area contributed by atoms with E-state index in [0.717, 1.165) is 18.7 Å². The molecule has 0 saturated carbocycles. The van der Waals surface area contributed by atoms with Crippen LogP contribution >= 0.6 is 0 Å². The smallest absolute Gasteiger partial charge is 0.221 e. The summed E-state index contributed by atoms with van der Waals surface area (Å²) >= 11 is 0. The third-order valence-electron chi connectivity index (χ3n) is 2.67. The van der Waals surface area contributed by atoms with Gasteiger partial charge in [0.05, 0.1) is 13.2 Å². The predicted octanol–water partition coefficient (Wildman–Crippen LogP) is 1.20. The first-order chi connectivity index (χ1) is 9.83. The van der Waals surface area contributed by atoms with Crippen molar-refractivity contribution in [1.82, 2.24) is 10.6 Å². The van der Waals surface area contributed by atoms with E-state index >= 15 is 0 Å². The van der Waals surface area contributed by atoms with Crippen molar-refractivity contribution in [3.8, 4) is 5.75 Å². The number of hydrogen-bond donors (Lipinski definition) is 2. The lowest BCUT2D eigenvalue weighted by Crippen LogP contribution is -2.30. The minimum atomic E-state index is 0.0510. The molecular formula is C15H24N2O3. The Bertz CT molecular complexity index is 357. The third kappa shape index (κ3) is 8.50. The Morgan fingerprint density at radius 2 is 1.90 bits per heavy atom. The molecule has 5 nitrogen and oxygen atoms in total. The molecule has 5 heteroatoms. The monoisotopic (exact) mass is 280 g/mol. The molecule has 2 N–H and O–H groups in total. The molecule has 0 bridgehead atoms. The molecule has 1 amide bonds. The summed E-state index contributed by atoms with van der Waals surface area (Å²) in [5.41, 5.74) is 0. The Balaban J connectivity index is 1.88. The van der Waals surface area contributed by atoms with Gasteiger partial charge >= 0.3 is 0 Å². The van der Waals surface area contributed by atoms with Crippen LogP contribution in [0.15, 0.2) is 30.3 Å². The van der Waals surface area contributed by atoms with Gasteiger partial charge in [-0.15, -0.1) is 0 Å². The van der Waals surface area contributed by atoms with Gasteiger partial charge < -0.3 is 20.1 Å². The van der Waals surface area contributed by atoms with Crippen molar-refractivity contribution in [3.63, 3.8) is 0 Å². The summed E-state index contributed by atoms with van der Waals surface area (Å²) in [6.45, 7) is 3.33. The highest BCUT2D eigenvalue weighted by Gasteiger charge is 1.99. The molecule has 0 radical (unpaired) electrons. The Morgan fingerprint density at radius 3 is 2.65 bits per heavy atom. The zero-order chi connectivity index (χ0) is 14.5. The fourth-order valence-electron chi connectivity index (χ4n) is 1.61. The van der Waals surface area contributed by atoms with E-state index in [-0.39, 0.29) is 5.91 Å². The normalized spacial score (nSPS) is 10.2. The molecule has 0 unspecified atom stereocenters. The zero-order valence-electron chi connectivity index (χ0n) is 12.1. The highest BCUT2D eigenvalue weighted by Crippen LogP contribution is 2.07. The molecular weight excluding hydrogens is 256 g/mol. The van der Waals surface area contributed by atoms with Crippen molar-refractivity contribution in [2.24, 2.45) is 0 Å². The molecule has 0 heterocycles. The quantitative estimate of drug-likeness (QED) is 0.598. The van der Waals surface area contributed by atoms with Crippen molar-refractivity contribution in [1.29, 1.82) is 0 Å². The number of methoxy groups -OCH3 is 1. The molecule has 20 heavy (non-hydrogen) atoms. The lowest BCUT2D eigenvalue weighted by atomic mass is 10.3. The average molecular weight is 280 g/mol. The maximum atomic E-state index is 11.4. The third-order valence-corrected chi connectivity index (χ3v) is 2.67. The van der Waals surface area contributed by atoms with Crippen LogP contribution in [0.1, 0.15) is 12.8 Å². The Labute approximate surface area is 120 Å². The minimum absolute atomic E-state index is 0.0510. The number of amides is 1. The average Bonchev–Trinajstić information content (AvgIpc) is 2.47. The minimum Gasteiger partial charge on any atom is -0.494 e. The van der Waals surface area contributed by atoms with Crippen LogP contribution in [0, 0.1) is 0 Å². The number of nitrogens with one attached hydrogen (secondary N) is 2. The molecule has 0 aromatic heterocycles. The molecule has 1 rings (SSSR count). The van der Waals surface area contributed by atoms with Crippen LogP contribution in [0.4, 0.5) is 0 Å². The van der Waals surface area contributed by atoms with Crippen LogP contribution in [0.5, 0.6) is 5.75 Å². The van der Waals surface area contributed by atoms with Gasteiger partial charge in [0.25, 0.3) is 0 Å². The maximum Gasteiger partial charge on any atom is 0.221 e. The SMILES string of the molecule is COCCNC(=O)CCNCCCOc1ccccc1. The van der Waals surface area contributed by atoms with E-state index in [0.29, 0.717) is 32.7 Å². The molecule has 0 aliphatic carbocycles. The summed E-state index contributed by atoms with van der Waals surface area (Å²) < 4.78 is 10.4.